The Hall–Kier alpha value is -4.33. The summed E-state index contributed by atoms with van der Waals surface area (Å²) in [6.07, 6.45) is 4.29. The fourth-order valence-corrected chi connectivity index (χ4v) is 7.61. The molecule has 1 saturated carbocycles. The van der Waals surface area contributed by atoms with Crippen LogP contribution < -0.4 is 26.2 Å². The molecule has 2 aromatic carbocycles. The lowest BCUT2D eigenvalue weighted by molar-refractivity contribution is -0.119. The first-order chi connectivity index (χ1) is 24.4. The van der Waals surface area contributed by atoms with Gasteiger partial charge >= 0.3 is 0 Å². The van der Waals surface area contributed by atoms with Gasteiger partial charge in [-0.2, -0.15) is 5.10 Å². The largest absolute Gasteiger partial charge is 0.481 e. The van der Waals surface area contributed by atoms with Gasteiger partial charge in [-0.1, -0.05) is 59.6 Å². The minimum atomic E-state index is -0.654. The Labute approximate surface area is 303 Å². The highest BCUT2D eigenvalue weighted by atomic mass is 35.5. The number of rotatable bonds is 11. The number of hydrogen-bond acceptors (Lipinski definition) is 8. The van der Waals surface area contributed by atoms with E-state index in [4.69, 9.17) is 33.0 Å². The predicted octanol–water partition coefficient (Wildman–Crippen LogP) is 5.25. The molecule has 14 heteroatoms. The monoisotopic (exact) mass is 733 g/mol. The Morgan fingerprint density at radius 3 is 2.41 bits per heavy atom. The maximum atomic E-state index is 15.6. The first-order valence-corrected chi connectivity index (χ1v) is 17.5. The number of ether oxygens (including phenoxy) is 1. The quantitative estimate of drug-likeness (QED) is 0.145. The van der Waals surface area contributed by atoms with E-state index < -0.39 is 11.4 Å². The van der Waals surface area contributed by atoms with Crippen LogP contribution in [0.1, 0.15) is 44.0 Å². The van der Waals surface area contributed by atoms with Gasteiger partial charge in [0.15, 0.2) is 0 Å². The van der Waals surface area contributed by atoms with Gasteiger partial charge in [0.05, 0.1) is 40.6 Å². The Kier molecular flexibility index (Phi) is 9.63. The summed E-state index contributed by atoms with van der Waals surface area (Å²) >= 11 is 14.1. The van der Waals surface area contributed by atoms with E-state index in [2.05, 4.69) is 20.9 Å². The van der Waals surface area contributed by atoms with Gasteiger partial charge in [-0.15, -0.1) is 0 Å². The minimum Gasteiger partial charge on any atom is -0.481 e. The highest BCUT2D eigenvalue weighted by Gasteiger charge is 2.38. The van der Waals surface area contributed by atoms with Crippen molar-refractivity contribution in [2.75, 3.05) is 13.7 Å². The Balaban J connectivity index is 1.16. The average Bonchev–Trinajstić information content (AvgIpc) is 3.71. The van der Waals surface area contributed by atoms with Crippen LogP contribution in [0.4, 0.5) is 4.39 Å². The van der Waals surface area contributed by atoms with Gasteiger partial charge in [-0.3, -0.25) is 14.2 Å². The van der Waals surface area contributed by atoms with Gasteiger partial charge in [-0.05, 0) is 32.3 Å². The van der Waals surface area contributed by atoms with Gasteiger partial charge in [-0.25, -0.2) is 13.9 Å². The van der Waals surface area contributed by atoms with Crippen molar-refractivity contribution in [3.63, 3.8) is 0 Å². The number of fused-ring (bicyclic) bond motifs is 1. The maximum Gasteiger partial charge on any atom is 0.277 e. The molecule has 1 aliphatic carbocycles. The molecule has 7 rings (SSSR count). The SMILES string of the molecule is COc1nc(-c2cccc(-c3cccc(-c4cc5c(=O)n(C)c(CNC6CC(C)(O)C6)nn5c4)c3Cl)c2Cl)cc(F)c1CNC[C@H]1CCC(=O)N1. The Morgan fingerprint density at radius 2 is 1.75 bits per heavy atom. The normalized spacial score (nSPS) is 20.1. The molecule has 1 aliphatic heterocycles. The summed E-state index contributed by atoms with van der Waals surface area (Å²) in [4.78, 5) is 29.5. The Morgan fingerprint density at radius 1 is 1.06 bits per heavy atom. The van der Waals surface area contributed by atoms with Crippen LogP contribution in [-0.4, -0.2) is 61.5 Å². The van der Waals surface area contributed by atoms with Crippen LogP contribution in [0.25, 0.3) is 39.0 Å². The highest BCUT2D eigenvalue weighted by Crippen LogP contribution is 2.43. The summed E-state index contributed by atoms with van der Waals surface area (Å²) in [6, 6.07) is 14.2. The summed E-state index contributed by atoms with van der Waals surface area (Å²) < 4.78 is 24.1. The lowest BCUT2D eigenvalue weighted by Crippen LogP contribution is -2.51. The number of hydrogen-bond donors (Lipinski definition) is 4. The number of aliphatic hydroxyl groups is 1. The lowest BCUT2D eigenvalue weighted by Gasteiger charge is -2.41. The van der Waals surface area contributed by atoms with Crippen molar-refractivity contribution in [3.05, 3.63) is 92.3 Å². The summed E-state index contributed by atoms with van der Waals surface area (Å²) in [5, 5.41) is 25.0. The molecular weight excluding hydrogens is 696 g/mol. The summed E-state index contributed by atoms with van der Waals surface area (Å²) in [5.74, 6) is 0.211. The zero-order valence-corrected chi connectivity index (χ0v) is 29.9. The van der Waals surface area contributed by atoms with Crippen molar-refractivity contribution in [1.29, 1.82) is 0 Å². The van der Waals surface area contributed by atoms with Crippen molar-refractivity contribution < 1.29 is 19.0 Å². The van der Waals surface area contributed by atoms with Crippen molar-refractivity contribution >= 4 is 34.6 Å². The molecule has 0 bridgehead atoms. The molecule has 3 aromatic heterocycles. The smallest absolute Gasteiger partial charge is 0.277 e. The summed E-state index contributed by atoms with van der Waals surface area (Å²) in [7, 11) is 3.13. The van der Waals surface area contributed by atoms with E-state index in [1.807, 2.05) is 31.2 Å². The zero-order chi connectivity index (χ0) is 36.0. The molecule has 1 amide bonds. The number of halogens is 3. The topological polar surface area (TPSA) is 135 Å². The lowest BCUT2D eigenvalue weighted by atomic mass is 9.77. The van der Waals surface area contributed by atoms with Gasteiger partial charge in [0.2, 0.25) is 11.8 Å². The molecule has 4 N–H and O–H groups in total. The number of methoxy groups -OCH3 is 1. The minimum absolute atomic E-state index is 0.00422. The van der Waals surface area contributed by atoms with Crippen LogP contribution >= 0.6 is 23.2 Å². The van der Waals surface area contributed by atoms with E-state index in [9.17, 15) is 14.7 Å². The molecule has 1 atom stereocenters. The molecule has 0 radical (unpaired) electrons. The molecule has 0 spiro atoms. The second-order valence-corrected chi connectivity index (χ2v) is 14.3. The molecule has 266 valence electrons. The molecule has 11 nitrogen and oxygen atoms in total. The average molecular weight is 735 g/mol. The Bertz CT molecular complexity index is 2210. The van der Waals surface area contributed by atoms with Gasteiger partial charge < -0.3 is 25.8 Å². The molecule has 4 heterocycles. The number of nitrogens with one attached hydrogen (secondary N) is 3. The van der Waals surface area contributed by atoms with E-state index in [1.165, 1.54) is 17.7 Å². The second kappa shape index (κ2) is 14.0. The van der Waals surface area contributed by atoms with Crippen LogP contribution in [-0.2, 0) is 24.9 Å². The molecule has 51 heavy (non-hydrogen) atoms. The number of amides is 1. The first kappa shape index (κ1) is 35.1. The van der Waals surface area contributed by atoms with Crippen molar-refractivity contribution in [1.82, 2.24) is 35.1 Å². The van der Waals surface area contributed by atoms with E-state index in [-0.39, 0.29) is 41.5 Å². The third-order valence-corrected chi connectivity index (χ3v) is 10.5. The van der Waals surface area contributed by atoms with Crippen LogP contribution in [0.5, 0.6) is 5.88 Å². The van der Waals surface area contributed by atoms with Gasteiger partial charge in [0.1, 0.15) is 17.2 Å². The second-order valence-electron chi connectivity index (χ2n) is 13.6. The number of pyridine rings is 1. The molecule has 2 fully saturated rings. The number of benzene rings is 2. The number of aromatic nitrogens is 4. The highest BCUT2D eigenvalue weighted by molar-refractivity contribution is 6.39. The standard InChI is InChI=1S/C37H38Cl2FN7O4/c1-37(50)14-22(15-37)42-18-31-45-47-19-20(12-30(47)36(49)46(31)2)23-6-4-7-24(33(23)38)25-8-5-9-26(34(25)39)29-13-28(40)27(35(44-29)51-3)17-41-16-21-10-11-32(48)43-21/h4-9,12-13,19,21-22,41-42,50H,10-11,14-18H2,1-3H3,(H,43,48)/t21-,22?,37?/m1/s1. The van der Waals surface area contributed by atoms with E-state index in [0.29, 0.717) is 87.2 Å². The fourth-order valence-electron chi connectivity index (χ4n) is 6.95. The van der Waals surface area contributed by atoms with Crippen molar-refractivity contribution in [3.8, 4) is 39.4 Å². The third-order valence-electron chi connectivity index (χ3n) is 9.73. The van der Waals surface area contributed by atoms with E-state index in [0.717, 1.165) is 6.42 Å². The zero-order valence-electron chi connectivity index (χ0n) is 28.4. The number of carbonyl (C=O) groups is 1. The summed E-state index contributed by atoms with van der Waals surface area (Å²) in [6.45, 7) is 2.87. The van der Waals surface area contributed by atoms with Crippen LogP contribution in [0.15, 0.2) is 59.5 Å². The molecular formula is C37H38Cl2FN7O4. The number of carbonyl (C=O) groups excluding carboxylic acids is 1. The van der Waals surface area contributed by atoms with Crippen molar-refractivity contribution in [2.45, 2.75) is 63.4 Å². The fraction of sp³-hybridized carbons (Fsp3) is 0.351. The molecule has 0 unspecified atom stereocenters. The number of nitrogens with zero attached hydrogens (tertiary/aromatic N) is 4. The first-order valence-electron chi connectivity index (χ1n) is 16.8. The molecule has 1 saturated heterocycles. The van der Waals surface area contributed by atoms with Crippen LogP contribution in [0.3, 0.4) is 0 Å². The predicted molar refractivity (Wildman–Crippen MR) is 194 cm³/mol. The van der Waals surface area contributed by atoms with Gasteiger partial charge in [0.25, 0.3) is 5.56 Å². The molecule has 5 aromatic rings. The summed E-state index contributed by atoms with van der Waals surface area (Å²) in [5.41, 5.74) is 3.25. The van der Waals surface area contributed by atoms with Crippen LogP contribution in [0, 0.1) is 5.82 Å². The maximum absolute atomic E-state index is 15.6. The molecule has 2 aliphatic rings. The van der Waals surface area contributed by atoms with Gasteiger partial charge in [0, 0.05) is 78.7 Å². The van der Waals surface area contributed by atoms with Crippen LogP contribution in [0.2, 0.25) is 10.0 Å². The third kappa shape index (κ3) is 6.98. The van der Waals surface area contributed by atoms with E-state index in [1.54, 1.807) is 36.0 Å². The van der Waals surface area contributed by atoms with Crippen molar-refractivity contribution in [2.24, 2.45) is 7.05 Å². The van der Waals surface area contributed by atoms with E-state index >= 15 is 4.39 Å².